The van der Waals surface area contributed by atoms with Gasteiger partial charge in [0.15, 0.2) is 9.84 Å². The zero-order chi connectivity index (χ0) is 16.5. The molecule has 0 aliphatic rings. The van der Waals surface area contributed by atoms with Crippen LogP contribution in [0.25, 0.3) is 5.69 Å². The molecule has 2 aromatic rings. The molecule has 0 atom stereocenters. The van der Waals surface area contributed by atoms with Crippen LogP contribution in [0.1, 0.15) is 13.8 Å². The Morgan fingerprint density at radius 2 is 1.95 bits per heavy atom. The van der Waals surface area contributed by atoms with Gasteiger partial charge >= 0.3 is 0 Å². The maximum Gasteiger partial charge on any atom is 0.243 e. The first kappa shape index (κ1) is 16.2. The minimum atomic E-state index is -3.39. The first-order valence-electron chi connectivity index (χ1n) is 6.53. The minimum Gasteiger partial charge on any atom is -0.322 e. The second kappa shape index (κ2) is 5.54. The predicted octanol–water partition coefficient (Wildman–Crippen LogP) is 0.952. The lowest BCUT2D eigenvalue weighted by atomic mass is 10.1. The molecule has 1 aromatic heterocycles. The van der Waals surface area contributed by atoms with E-state index in [1.807, 2.05) is 0 Å². The number of hydrogen-bond acceptors (Lipinski definition) is 5. The third-order valence-corrected chi connectivity index (χ3v) is 4.08. The van der Waals surface area contributed by atoms with Gasteiger partial charge in [-0.15, -0.1) is 0 Å². The maximum atomic E-state index is 11.8. The summed E-state index contributed by atoms with van der Waals surface area (Å²) < 4.78 is 25.0. The quantitative estimate of drug-likeness (QED) is 0.871. The number of amides is 1. The van der Waals surface area contributed by atoms with Gasteiger partial charge in [-0.3, -0.25) is 4.79 Å². The summed E-state index contributed by atoms with van der Waals surface area (Å²) in [5.74, 6) is -0.358. The van der Waals surface area contributed by atoms with Gasteiger partial charge in [-0.1, -0.05) is 12.1 Å². The molecular weight excluding hydrogens is 304 g/mol. The van der Waals surface area contributed by atoms with Crippen LogP contribution in [0, 0.1) is 0 Å². The summed E-state index contributed by atoms with van der Waals surface area (Å²) in [5, 5.41) is 6.73. The number of rotatable bonds is 4. The van der Waals surface area contributed by atoms with Crippen LogP contribution < -0.4 is 11.1 Å². The molecule has 0 saturated carbocycles. The van der Waals surface area contributed by atoms with Gasteiger partial charge in [0.05, 0.1) is 34.2 Å². The normalized spacial score (nSPS) is 12.2. The van der Waals surface area contributed by atoms with E-state index in [1.165, 1.54) is 23.1 Å². The molecule has 0 spiro atoms. The smallest absolute Gasteiger partial charge is 0.243 e. The van der Waals surface area contributed by atoms with E-state index in [2.05, 4.69) is 10.4 Å². The van der Waals surface area contributed by atoms with Crippen LogP contribution >= 0.6 is 0 Å². The zero-order valence-electron chi connectivity index (χ0n) is 12.6. The van der Waals surface area contributed by atoms with Crippen LogP contribution in [-0.2, 0) is 14.6 Å². The largest absolute Gasteiger partial charge is 0.322 e. The van der Waals surface area contributed by atoms with E-state index in [0.29, 0.717) is 11.4 Å². The van der Waals surface area contributed by atoms with E-state index in [-0.39, 0.29) is 10.8 Å². The van der Waals surface area contributed by atoms with Crippen molar-refractivity contribution in [2.45, 2.75) is 24.3 Å². The van der Waals surface area contributed by atoms with Gasteiger partial charge in [-0.05, 0) is 26.0 Å². The monoisotopic (exact) mass is 322 g/mol. The van der Waals surface area contributed by atoms with Crippen molar-refractivity contribution < 1.29 is 13.2 Å². The first-order chi connectivity index (χ1) is 10.1. The summed E-state index contributed by atoms with van der Waals surface area (Å²) in [5.41, 5.74) is 5.54. The number of para-hydroxylation sites is 1. The topological polar surface area (TPSA) is 107 Å². The van der Waals surface area contributed by atoms with Crippen molar-refractivity contribution in [1.82, 2.24) is 9.78 Å². The zero-order valence-corrected chi connectivity index (χ0v) is 13.4. The second-order valence-electron chi connectivity index (χ2n) is 5.59. The summed E-state index contributed by atoms with van der Waals surface area (Å²) in [6, 6.07) is 6.51. The number of anilines is 1. The summed E-state index contributed by atoms with van der Waals surface area (Å²) >= 11 is 0. The van der Waals surface area contributed by atoms with E-state index < -0.39 is 15.4 Å². The van der Waals surface area contributed by atoms with Crippen molar-refractivity contribution in [2.75, 3.05) is 11.6 Å². The van der Waals surface area contributed by atoms with Crippen molar-refractivity contribution in [3.8, 4) is 5.69 Å². The van der Waals surface area contributed by atoms with Gasteiger partial charge in [0.25, 0.3) is 0 Å². The third-order valence-electron chi connectivity index (χ3n) is 2.94. The number of hydrogen-bond donors (Lipinski definition) is 2. The maximum absolute atomic E-state index is 11.8. The number of sulfone groups is 1. The Kier molecular flexibility index (Phi) is 4.08. The molecule has 0 aliphatic carbocycles. The van der Waals surface area contributed by atoms with Crippen LogP contribution in [0.4, 0.5) is 5.69 Å². The van der Waals surface area contributed by atoms with Crippen molar-refractivity contribution >= 4 is 21.4 Å². The van der Waals surface area contributed by atoms with Gasteiger partial charge in [-0.25, -0.2) is 13.1 Å². The van der Waals surface area contributed by atoms with Crippen LogP contribution in [0.5, 0.6) is 0 Å². The summed E-state index contributed by atoms with van der Waals surface area (Å²) in [4.78, 5) is 12.0. The number of nitrogens with zero attached hydrogens (tertiary/aromatic N) is 2. The first-order valence-corrected chi connectivity index (χ1v) is 8.42. The van der Waals surface area contributed by atoms with Crippen LogP contribution in [0.3, 0.4) is 0 Å². The Morgan fingerprint density at radius 1 is 1.32 bits per heavy atom. The molecule has 0 fully saturated rings. The summed E-state index contributed by atoms with van der Waals surface area (Å²) in [6.07, 6.45) is 4.10. The van der Waals surface area contributed by atoms with Crippen LogP contribution in [0.2, 0.25) is 0 Å². The highest BCUT2D eigenvalue weighted by Crippen LogP contribution is 2.20. The molecule has 1 aromatic carbocycles. The predicted molar refractivity (Wildman–Crippen MR) is 83.6 cm³/mol. The lowest BCUT2D eigenvalue weighted by Crippen LogP contribution is -2.45. The Morgan fingerprint density at radius 3 is 2.55 bits per heavy atom. The molecule has 0 saturated heterocycles. The van der Waals surface area contributed by atoms with E-state index in [0.717, 1.165) is 6.26 Å². The van der Waals surface area contributed by atoms with Crippen molar-refractivity contribution in [3.63, 3.8) is 0 Å². The lowest BCUT2D eigenvalue weighted by Gasteiger charge is -2.16. The van der Waals surface area contributed by atoms with Gasteiger partial charge in [-0.2, -0.15) is 5.10 Å². The number of aromatic nitrogens is 2. The fourth-order valence-corrected chi connectivity index (χ4v) is 2.64. The molecule has 0 radical (unpaired) electrons. The molecule has 118 valence electrons. The van der Waals surface area contributed by atoms with Gasteiger partial charge in [0.1, 0.15) is 0 Å². The van der Waals surface area contributed by atoms with Gasteiger partial charge < -0.3 is 11.1 Å². The summed E-state index contributed by atoms with van der Waals surface area (Å²) in [6.45, 7) is 3.18. The third kappa shape index (κ3) is 3.52. The molecule has 3 N–H and O–H groups in total. The molecule has 1 heterocycles. The molecule has 8 heteroatoms. The van der Waals surface area contributed by atoms with E-state index >= 15 is 0 Å². The number of carbonyl (C=O) groups excluding carboxylic acids is 1. The lowest BCUT2D eigenvalue weighted by molar-refractivity contribution is -0.120. The minimum absolute atomic E-state index is 0.162. The highest BCUT2D eigenvalue weighted by atomic mass is 32.2. The Balaban J connectivity index is 2.36. The van der Waals surface area contributed by atoms with Crippen LogP contribution in [-0.4, -0.2) is 35.9 Å². The Bertz CT molecular complexity index is 803. The van der Waals surface area contributed by atoms with Crippen molar-refractivity contribution in [1.29, 1.82) is 0 Å². The average Bonchev–Trinajstić information content (AvgIpc) is 2.85. The molecule has 7 nitrogen and oxygen atoms in total. The number of nitrogens with two attached hydrogens (primary N) is 1. The SMILES string of the molecule is CC(C)(N)C(=O)Nc1cnn(-c2ccccc2S(C)(=O)=O)c1. The van der Waals surface area contributed by atoms with E-state index in [1.54, 1.807) is 32.0 Å². The average molecular weight is 322 g/mol. The molecule has 0 bridgehead atoms. The molecular formula is C14H18N4O3S. The summed E-state index contributed by atoms with van der Waals surface area (Å²) in [7, 11) is -3.39. The number of carbonyl (C=O) groups is 1. The van der Waals surface area contributed by atoms with Crippen molar-refractivity contribution in [2.24, 2.45) is 5.73 Å². The molecule has 22 heavy (non-hydrogen) atoms. The highest BCUT2D eigenvalue weighted by molar-refractivity contribution is 7.90. The number of benzene rings is 1. The molecule has 2 rings (SSSR count). The Labute approximate surface area is 129 Å². The van der Waals surface area contributed by atoms with Gasteiger partial charge in [0.2, 0.25) is 5.91 Å². The van der Waals surface area contributed by atoms with Crippen molar-refractivity contribution in [3.05, 3.63) is 36.7 Å². The standard InChI is InChI=1S/C14H18N4O3S/c1-14(2,15)13(19)17-10-8-16-18(9-10)11-6-4-5-7-12(11)22(3,20)21/h4-9H,15H2,1-3H3,(H,17,19). The molecule has 1 amide bonds. The van der Waals surface area contributed by atoms with E-state index in [9.17, 15) is 13.2 Å². The van der Waals surface area contributed by atoms with Crippen LogP contribution in [0.15, 0.2) is 41.6 Å². The number of nitrogens with one attached hydrogen (secondary N) is 1. The molecule has 0 aliphatic heterocycles. The van der Waals surface area contributed by atoms with E-state index in [4.69, 9.17) is 5.73 Å². The fraction of sp³-hybridized carbons (Fsp3) is 0.286. The Hall–Kier alpha value is -2.19. The second-order valence-corrected chi connectivity index (χ2v) is 7.57. The fourth-order valence-electron chi connectivity index (χ4n) is 1.77. The molecule has 0 unspecified atom stereocenters. The highest BCUT2D eigenvalue weighted by Gasteiger charge is 2.22. The van der Waals surface area contributed by atoms with Gasteiger partial charge in [0, 0.05) is 6.26 Å².